The fourth-order valence-corrected chi connectivity index (χ4v) is 1.50. The summed E-state index contributed by atoms with van der Waals surface area (Å²) in [6.45, 7) is 4.01. The van der Waals surface area contributed by atoms with Crippen LogP contribution in [0.2, 0.25) is 0 Å². The minimum absolute atomic E-state index is 0.584. The van der Waals surface area contributed by atoms with Crippen molar-refractivity contribution in [2.24, 2.45) is 0 Å². The van der Waals surface area contributed by atoms with Gasteiger partial charge in [-0.3, -0.25) is 4.98 Å². The number of hydrogen-bond acceptors (Lipinski definition) is 3. The summed E-state index contributed by atoms with van der Waals surface area (Å²) in [6, 6.07) is 4.02. The summed E-state index contributed by atoms with van der Waals surface area (Å²) in [5.74, 6) is 0.584. The number of nitrogen functional groups attached to an aromatic ring is 1. The Morgan fingerprint density at radius 2 is 1.93 bits per heavy atom. The van der Waals surface area contributed by atoms with Crippen LogP contribution >= 0.6 is 0 Å². The van der Waals surface area contributed by atoms with Gasteiger partial charge < -0.3 is 5.73 Å². The van der Waals surface area contributed by atoms with Gasteiger partial charge in [0.15, 0.2) is 0 Å². The molecular formula is C12H13N3. The third kappa shape index (κ3) is 1.81. The van der Waals surface area contributed by atoms with E-state index in [1.165, 1.54) is 5.56 Å². The van der Waals surface area contributed by atoms with Crippen molar-refractivity contribution in [1.82, 2.24) is 9.97 Å². The second-order valence-electron chi connectivity index (χ2n) is 3.62. The maximum Gasteiger partial charge on any atom is 0.126 e. The Bertz CT molecular complexity index is 492. The predicted octanol–water partition coefficient (Wildman–Crippen LogP) is 2.34. The first-order valence-electron chi connectivity index (χ1n) is 4.81. The fraction of sp³-hybridized carbons (Fsp3) is 0.167. The maximum absolute atomic E-state index is 5.68. The van der Waals surface area contributed by atoms with Gasteiger partial charge in [-0.2, -0.15) is 0 Å². The van der Waals surface area contributed by atoms with E-state index in [-0.39, 0.29) is 0 Å². The van der Waals surface area contributed by atoms with Gasteiger partial charge in [-0.05, 0) is 37.1 Å². The molecule has 0 aliphatic carbocycles. The third-order valence-electron chi connectivity index (χ3n) is 2.47. The quantitative estimate of drug-likeness (QED) is 0.767. The lowest BCUT2D eigenvalue weighted by atomic mass is 10.0. The van der Waals surface area contributed by atoms with Gasteiger partial charge in [0.2, 0.25) is 0 Å². The van der Waals surface area contributed by atoms with Gasteiger partial charge in [-0.1, -0.05) is 0 Å². The third-order valence-corrected chi connectivity index (χ3v) is 2.47. The maximum atomic E-state index is 5.68. The van der Waals surface area contributed by atoms with Crippen molar-refractivity contribution in [3.8, 4) is 11.1 Å². The Morgan fingerprint density at radius 3 is 2.60 bits per heavy atom. The van der Waals surface area contributed by atoms with E-state index >= 15 is 0 Å². The molecule has 0 spiro atoms. The van der Waals surface area contributed by atoms with Crippen LogP contribution in [0, 0.1) is 13.8 Å². The summed E-state index contributed by atoms with van der Waals surface area (Å²) in [6.07, 6.45) is 5.42. The van der Waals surface area contributed by atoms with Crippen LogP contribution in [0.3, 0.4) is 0 Å². The highest BCUT2D eigenvalue weighted by Gasteiger charge is 2.03. The lowest BCUT2D eigenvalue weighted by Crippen LogP contribution is -1.94. The highest BCUT2D eigenvalue weighted by Crippen LogP contribution is 2.23. The standard InChI is InChI=1S/C12H13N3/c1-8-3-4-14-7-11(8)10-5-9(2)12(13)15-6-10/h3-7H,1-2H3,(H2,13,15). The normalized spacial score (nSPS) is 10.3. The zero-order valence-corrected chi connectivity index (χ0v) is 8.86. The summed E-state index contributed by atoms with van der Waals surface area (Å²) in [4.78, 5) is 8.26. The first-order chi connectivity index (χ1) is 7.18. The number of rotatable bonds is 1. The molecule has 0 aliphatic rings. The summed E-state index contributed by atoms with van der Waals surface area (Å²) < 4.78 is 0. The van der Waals surface area contributed by atoms with E-state index in [9.17, 15) is 0 Å². The van der Waals surface area contributed by atoms with Crippen LogP contribution in [0.15, 0.2) is 30.7 Å². The molecule has 0 saturated carbocycles. The molecule has 3 nitrogen and oxygen atoms in total. The van der Waals surface area contributed by atoms with Crippen molar-refractivity contribution in [2.75, 3.05) is 5.73 Å². The minimum Gasteiger partial charge on any atom is -0.383 e. The minimum atomic E-state index is 0.584. The van der Waals surface area contributed by atoms with Crippen LogP contribution in [0.4, 0.5) is 5.82 Å². The van der Waals surface area contributed by atoms with Gasteiger partial charge in [0.05, 0.1) is 0 Å². The Hall–Kier alpha value is -1.90. The summed E-state index contributed by atoms with van der Waals surface area (Å²) >= 11 is 0. The zero-order valence-electron chi connectivity index (χ0n) is 8.86. The highest BCUT2D eigenvalue weighted by molar-refractivity contribution is 5.67. The molecule has 15 heavy (non-hydrogen) atoms. The molecule has 2 aromatic heterocycles. The summed E-state index contributed by atoms with van der Waals surface area (Å²) in [5, 5.41) is 0. The number of pyridine rings is 2. The van der Waals surface area contributed by atoms with Crippen molar-refractivity contribution < 1.29 is 0 Å². The van der Waals surface area contributed by atoms with Crippen molar-refractivity contribution in [2.45, 2.75) is 13.8 Å². The lowest BCUT2D eigenvalue weighted by Gasteiger charge is -2.06. The average molecular weight is 199 g/mol. The molecule has 2 aromatic rings. The van der Waals surface area contributed by atoms with Crippen LogP contribution < -0.4 is 5.73 Å². The van der Waals surface area contributed by atoms with Crippen molar-refractivity contribution in [3.05, 3.63) is 41.9 Å². The van der Waals surface area contributed by atoms with Crippen LogP contribution in [0.1, 0.15) is 11.1 Å². The van der Waals surface area contributed by atoms with Crippen molar-refractivity contribution >= 4 is 5.82 Å². The van der Waals surface area contributed by atoms with Gasteiger partial charge in [0.1, 0.15) is 5.82 Å². The Morgan fingerprint density at radius 1 is 1.13 bits per heavy atom. The first kappa shape index (κ1) is 9.65. The van der Waals surface area contributed by atoms with Crippen LogP contribution in [-0.4, -0.2) is 9.97 Å². The molecule has 2 rings (SSSR count). The van der Waals surface area contributed by atoms with Crippen LogP contribution in [-0.2, 0) is 0 Å². The van der Waals surface area contributed by atoms with E-state index < -0.39 is 0 Å². The molecule has 0 bridgehead atoms. The number of nitrogens with zero attached hydrogens (tertiary/aromatic N) is 2. The molecule has 3 heteroatoms. The molecule has 0 saturated heterocycles. The first-order valence-corrected chi connectivity index (χ1v) is 4.81. The second-order valence-corrected chi connectivity index (χ2v) is 3.62. The SMILES string of the molecule is Cc1ccncc1-c1cnc(N)c(C)c1. The fourth-order valence-electron chi connectivity index (χ4n) is 1.50. The summed E-state index contributed by atoms with van der Waals surface area (Å²) in [5.41, 5.74) is 10.0. The van der Waals surface area contributed by atoms with E-state index in [1.54, 1.807) is 12.4 Å². The molecule has 0 aliphatic heterocycles. The van der Waals surface area contributed by atoms with Crippen molar-refractivity contribution in [1.29, 1.82) is 0 Å². The van der Waals surface area contributed by atoms with E-state index in [2.05, 4.69) is 16.9 Å². The molecule has 0 amide bonds. The Labute approximate surface area is 89.0 Å². The molecule has 0 unspecified atom stereocenters. The lowest BCUT2D eigenvalue weighted by molar-refractivity contribution is 1.25. The van der Waals surface area contributed by atoms with Gasteiger partial charge >= 0.3 is 0 Å². The highest BCUT2D eigenvalue weighted by atomic mass is 14.8. The van der Waals surface area contributed by atoms with Gasteiger partial charge in [-0.25, -0.2) is 4.98 Å². The predicted molar refractivity (Wildman–Crippen MR) is 61.4 cm³/mol. The van der Waals surface area contributed by atoms with Crippen molar-refractivity contribution in [3.63, 3.8) is 0 Å². The zero-order chi connectivity index (χ0) is 10.8. The second kappa shape index (κ2) is 3.69. The van der Waals surface area contributed by atoms with Gasteiger partial charge in [0, 0.05) is 29.7 Å². The molecular weight excluding hydrogens is 186 g/mol. The molecule has 0 fully saturated rings. The molecule has 0 radical (unpaired) electrons. The molecule has 0 atom stereocenters. The monoisotopic (exact) mass is 199 g/mol. The van der Waals surface area contributed by atoms with Crippen LogP contribution in [0.25, 0.3) is 11.1 Å². The smallest absolute Gasteiger partial charge is 0.126 e. The van der Waals surface area contributed by atoms with E-state index in [0.717, 1.165) is 16.7 Å². The molecule has 76 valence electrons. The van der Waals surface area contributed by atoms with E-state index in [4.69, 9.17) is 5.73 Å². The van der Waals surface area contributed by atoms with Gasteiger partial charge in [-0.15, -0.1) is 0 Å². The average Bonchev–Trinajstić information content (AvgIpc) is 2.23. The Balaban J connectivity index is 2.55. The number of aryl methyl sites for hydroxylation is 2. The van der Waals surface area contributed by atoms with Gasteiger partial charge in [0.25, 0.3) is 0 Å². The number of hydrogen-bond donors (Lipinski definition) is 1. The number of anilines is 1. The molecule has 2 heterocycles. The topological polar surface area (TPSA) is 51.8 Å². The number of aromatic nitrogens is 2. The molecule has 2 N–H and O–H groups in total. The van der Waals surface area contributed by atoms with E-state index in [0.29, 0.717) is 5.82 Å². The molecule has 0 aromatic carbocycles. The Kier molecular flexibility index (Phi) is 2.37. The van der Waals surface area contributed by atoms with Crippen LogP contribution in [0.5, 0.6) is 0 Å². The largest absolute Gasteiger partial charge is 0.383 e. The number of nitrogens with two attached hydrogens (primary N) is 1. The van der Waals surface area contributed by atoms with E-state index in [1.807, 2.05) is 25.3 Å². The summed E-state index contributed by atoms with van der Waals surface area (Å²) in [7, 11) is 0.